The van der Waals surface area contributed by atoms with Gasteiger partial charge >= 0.3 is 0 Å². The largest absolute Gasteiger partial charge is 0.507 e. The van der Waals surface area contributed by atoms with Gasteiger partial charge < -0.3 is 19.6 Å². The minimum absolute atomic E-state index is 0.0934. The SMILES string of the molecule is CCN(CC)CCN1C(=O)C(=O)/C(=C(/O)c2ccncc2)[C@H]1c1ccc(OC)cc1. The van der Waals surface area contributed by atoms with Gasteiger partial charge in [0, 0.05) is 31.0 Å². The van der Waals surface area contributed by atoms with Crippen LogP contribution in [0.15, 0.2) is 54.4 Å². The number of hydrogen-bond acceptors (Lipinski definition) is 6. The Kier molecular flexibility index (Phi) is 6.84. The number of methoxy groups -OCH3 is 1. The molecular formula is C23H27N3O4. The molecule has 0 radical (unpaired) electrons. The highest BCUT2D eigenvalue weighted by molar-refractivity contribution is 6.46. The van der Waals surface area contributed by atoms with Gasteiger partial charge in [-0.25, -0.2) is 0 Å². The first-order chi connectivity index (χ1) is 14.5. The second-order valence-electron chi connectivity index (χ2n) is 7.03. The fourth-order valence-electron chi connectivity index (χ4n) is 3.70. The first-order valence-corrected chi connectivity index (χ1v) is 10.1. The summed E-state index contributed by atoms with van der Waals surface area (Å²) in [5.41, 5.74) is 1.28. The maximum atomic E-state index is 13.0. The number of carbonyl (C=O) groups excluding carboxylic acids is 2. The molecule has 0 aliphatic carbocycles. The Morgan fingerprint density at radius 1 is 1.10 bits per heavy atom. The Bertz CT molecular complexity index is 921. The van der Waals surface area contributed by atoms with Crippen molar-refractivity contribution in [3.63, 3.8) is 0 Å². The predicted octanol–water partition coefficient (Wildman–Crippen LogP) is 2.85. The van der Waals surface area contributed by atoms with Crippen molar-refractivity contribution in [2.75, 3.05) is 33.3 Å². The molecule has 1 fully saturated rings. The van der Waals surface area contributed by atoms with Gasteiger partial charge in [0.25, 0.3) is 11.7 Å². The number of carbonyl (C=O) groups is 2. The Morgan fingerprint density at radius 2 is 1.73 bits per heavy atom. The standard InChI is InChI=1S/C23H27N3O4/c1-4-25(5-2)14-15-26-20(16-6-8-18(30-3)9-7-16)19(22(28)23(26)29)21(27)17-10-12-24-13-11-17/h6-13,20,27H,4-5,14-15H2,1-3H3/b21-19+/t20-/m1/s1. The second-order valence-corrected chi connectivity index (χ2v) is 7.03. The first-order valence-electron chi connectivity index (χ1n) is 10.1. The van der Waals surface area contributed by atoms with Gasteiger partial charge in [-0.1, -0.05) is 26.0 Å². The van der Waals surface area contributed by atoms with Crippen LogP contribution in [0, 0.1) is 0 Å². The van der Waals surface area contributed by atoms with Gasteiger partial charge in [0.05, 0.1) is 18.7 Å². The fourth-order valence-corrected chi connectivity index (χ4v) is 3.70. The minimum Gasteiger partial charge on any atom is -0.507 e. The van der Waals surface area contributed by atoms with Crippen LogP contribution in [0.4, 0.5) is 0 Å². The van der Waals surface area contributed by atoms with Crippen LogP contribution in [0.2, 0.25) is 0 Å². The molecule has 1 N–H and O–H groups in total. The van der Waals surface area contributed by atoms with Crippen LogP contribution in [-0.4, -0.2) is 64.9 Å². The number of likely N-dealkylation sites (tertiary alicyclic amines) is 1. The lowest BCUT2D eigenvalue weighted by atomic mass is 9.95. The Labute approximate surface area is 176 Å². The lowest BCUT2D eigenvalue weighted by Crippen LogP contribution is -2.38. The number of likely N-dealkylation sites (N-methyl/N-ethyl adjacent to an activating group) is 1. The maximum Gasteiger partial charge on any atom is 0.295 e. The number of pyridine rings is 1. The van der Waals surface area contributed by atoms with E-state index in [0.717, 1.165) is 18.7 Å². The van der Waals surface area contributed by atoms with Gasteiger partial charge in [-0.3, -0.25) is 14.6 Å². The molecule has 1 aliphatic rings. The molecule has 1 aliphatic heterocycles. The van der Waals surface area contributed by atoms with Crippen molar-refractivity contribution >= 4 is 17.4 Å². The Balaban J connectivity index is 2.07. The molecule has 30 heavy (non-hydrogen) atoms. The zero-order valence-corrected chi connectivity index (χ0v) is 17.5. The summed E-state index contributed by atoms with van der Waals surface area (Å²) in [5, 5.41) is 10.9. The molecule has 3 rings (SSSR count). The third-order valence-electron chi connectivity index (χ3n) is 5.48. The maximum absolute atomic E-state index is 13.0. The average molecular weight is 409 g/mol. The quantitative estimate of drug-likeness (QED) is 0.410. The molecule has 2 heterocycles. The monoisotopic (exact) mass is 409 g/mol. The number of Topliss-reactive ketones (excluding diaryl/α,β-unsaturated/α-hetero) is 1. The van der Waals surface area contributed by atoms with Crippen LogP contribution < -0.4 is 4.74 Å². The summed E-state index contributed by atoms with van der Waals surface area (Å²) in [4.78, 5) is 33.6. The van der Waals surface area contributed by atoms with E-state index in [1.165, 1.54) is 12.4 Å². The van der Waals surface area contributed by atoms with Crippen LogP contribution in [0.25, 0.3) is 5.76 Å². The van der Waals surface area contributed by atoms with E-state index in [4.69, 9.17) is 4.74 Å². The van der Waals surface area contributed by atoms with Gasteiger partial charge in [0.15, 0.2) is 0 Å². The number of benzene rings is 1. The number of rotatable bonds is 8. The highest BCUT2D eigenvalue weighted by Crippen LogP contribution is 2.39. The lowest BCUT2D eigenvalue weighted by Gasteiger charge is -2.28. The molecule has 7 heteroatoms. The summed E-state index contributed by atoms with van der Waals surface area (Å²) >= 11 is 0. The zero-order valence-electron chi connectivity index (χ0n) is 17.5. The third kappa shape index (κ3) is 4.21. The van der Waals surface area contributed by atoms with Gasteiger partial charge in [0.1, 0.15) is 11.5 Å². The molecular weight excluding hydrogens is 382 g/mol. The van der Waals surface area contributed by atoms with E-state index in [1.54, 1.807) is 36.3 Å². The summed E-state index contributed by atoms with van der Waals surface area (Å²) in [6.07, 6.45) is 3.07. The summed E-state index contributed by atoms with van der Waals surface area (Å²) in [5.74, 6) is -0.793. The van der Waals surface area contributed by atoms with Crippen LogP contribution in [0.3, 0.4) is 0 Å². The highest BCUT2D eigenvalue weighted by atomic mass is 16.5. The number of aliphatic hydroxyl groups excluding tert-OH is 1. The molecule has 0 unspecified atom stereocenters. The first kappa shape index (κ1) is 21.5. The molecule has 1 aromatic carbocycles. The summed E-state index contributed by atoms with van der Waals surface area (Å²) < 4.78 is 5.23. The minimum atomic E-state index is -0.676. The number of hydrogen-bond donors (Lipinski definition) is 1. The lowest BCUT2D eigenvalue weighted by molar-refractivity contribution is -0.140. The number of aliphatic hydroxyl groups is 1. The molecule has 1 amide bonds. The van der Waals surface area contributed by atoms with E-state index in [1.807, 2.05) is 12.1 Å². The van der Waals surface area contributed by atoms with E-state index in [9.17, 15) is 14.7 Å². The Hall–Kier alpha value is -3.19. The summed E-state index contributed by atoms with van der Waals surface area (Å²) in [7, 11) is 1.58. The zero-order chi connectivity index (χ0) is 21.7. The van der Waals surface area contributed by atoms with E-state index in [-0.39, 0.29) is 11.3 Å². The van der Waals surface area contributed by atoms with Crippen LogP contribution >= 0.6 is 0 Å². The van der Waals surface area contributed by atoms with Crippen molar-refractivity contribution in [1.29, 1.82) is 0 Å². The number of nitrogens with zero attached hydrogens (tertiary/aromatic N) is 3. The van der Waals surface area contributed by atoms with Crippen molar-refractivity contribution < 1.29 is 19.4 Å². The second kappa shape index (κ2) is 9.54. The molecule has 2 aromatic rings. The highest BCUT2D eigenvalue weighted by Gasteiger charge is 2.45. The molecule has 158 valence electrons. The average Bonchev–Trinajstić information content (AvgIpc) is 3.04. The van der Waals surface area contributed by atoms with Crippen LogP contribution in [0.5, 0.6) is 5.75 Å². The van der Waals surface area contributed by atoms with Crippen molar-refractivity contribution in [1.82, 2.24) is 14.8 Å². The number of ether oxygens (including phenoxy) is 1. The smallest absolute Gasteiger partial charge is 0.295 e. The predicted molar refractivity (Wildman–Crippen MR) is 114 cm³/mol. The van der Waals surface area contributed by atoms with Crippen LogP contribution in [0.1, 0.15) is 31.0 Å². The van der Waals surface area contributed by atoms with Gasteiger partial charge in [-0.05, 0) is 42.9 Å². The Morgan fingerprint density at radius 3 is 2.30 bits per heavy atom. The number of amides is 1. The number of ketones is 1. The van der Waals surface area contributed by atoms with Gasteiger partial charge in [-0.2, -0.15) is 0 Å². The normalized spacial score (nSPS) is 18.3. The summed E-state index contributed by atoms with van der Waals surface area (Å²) in [6, 6.07) is 9.77. The molecule has 1 aromatic heterocycles. The molecule has 7 nitrogen and oxygen atoms in total. The van der Waals surface area contributed by atoms with E-state index in [0.29, 0.717) is 24.4 Å². The van der Waals surface area contributed by atoms with Crippen molar-refractivity contribution in [3.05, 3.63) is 65.5 Å². The molecule has 1 atom stereocenters. The van der Waals surface area contributed by atoms with Gasteiger partial charge in [0.2, 0.25) is 0 Å². The van der Waals surface area contributed by atoms with Crippen molar-refractivity contribution in [2.45, 2.75) is 19.9 Å². The molecule has 1 saturated heterocycles. The third-order valence-corrected chi connectivity index (χ3v) is 5.48. The topological polar surface area (TPSA) is 83.0 Å². The van der Waals surface area contributed by atoms with E-state index < -0.39 is 17.7 Å². The summed E-state index contributed by atoms with van der Waals surface area (Å²) in [6.45, 7) is 6.84. The van der Waals surface area contributed by atoms with Crippen molar-refractivity contribution in [3.8, 4) is 5.75 Å². The molecule has 0 bridgehead atoms. The van der Waals surface area contributed by atoms with Crippen molar-refractivity contribution in [2.24, 2.45) is 0 Å². The van der Waals surface area contributed by atoms with E-state index >= 15 is 0 Å². The van der Waals surface area contributed by atoms with Gasteiger partial charge in [-0.15, -0.1) is 0 Å². The number of aromatic nitrogens is 1. The van der Waals surface area contributed by atoms with Crippen LogP contribution in [-0.2, 0) is 9.59 Å². The fraction of sp³-hybridized carbons (Fsp3) is 0.348. The molecule has 0 saturated carbocycles. The molecule has 0 spiro atoms. The van der Waals surface area contributed by atoms with E-state index in [2.05, 4.69) is 23.7 Å².